The van der Waals surface area contributed by atoms with E-state index in [1.165, 1.54) is 12.3 Å². The smallest absolute Gasteiger partial charge is 0.278 e. The molecule has 1 fully saturated rings. The fourth-order valence-corrected chi connectivity index (χ4v) is 4.94. The van der Waals surface area contributed by atoms with Gasteiger partial charge in [0.05, 0.1) is 22.3 Å². The van der Waals surface area contributed by atoms with Crippen LogP contribution in [0, 0.1) is 10.1 Å². The summed E-state index contributed by atoms with van der Waals surface area (Å²) in [6, 6.07) is 6.64. The molecule has 1 aliphatic heterocycles. The number of piperidine rings is 1. The van der Waals surface area contributed by atoms with Crippen molar-refractivity contribution < 1.29 is 13.3 Å². The number of fused-ring (bicyclic) bond motifs is 1. The molecule has 1 aromatic carbocycles. The number of aromatic nitrogens is 1. The van der Waals surface area contributed by atoms with Crippen molar-refractivity contribution in [3.63, 3.8) is 0 Å². The van der Waals surface area contributed by atoms with Gasteiger partial charge in [-0.1, -0.05) is 6.92 Å². The Kier molecular flexibility index (Phi) is 5.10. The minimum atomic E-state index is -3.22. The van der Waals surface area contributed by atoms with Gasteiger partial charge in [-0.15, -0.1) is 0 Å². The van der Waals surface area contributed by atoms with Crippen LogP contribution in [0.25, 0.3) is 10.9 Å². The van der Waals surface area contributed by atoms with Crippen LogP contribution >= 0.6 is 0 Å². The predicted molar refractivity (Wildman–Crippen MR) is 101 cm³/mol. The Morgan fingerprint density at radius 1 is 1.31 bits per heavy atom. The molecule has 0 spiro atoms. The van der Waals surface area contributed by atoms with Gasteiger partial charge < -0.3 is 4.90 Å². The first kappa shape index (κ1) is 18.5. The number of hydrogen-bond donors (Lipinski definition) is 0. The van der Waals surface area contributed by atoms with Crippen LogP contribution in [0.3, 0.4) is 0 Å². The van der Waals surface area contributed by atoms with E-state index in [4.69, 9.17) is 0 Å². The summed E-state index contributed by atoms with van der Waals surface area (Å²) >= 11 is 0. The molecule has 0 radical (unpaired) electrons. The zero-order valence-corrected chi connectivity index (χ0v) is 15.6. The molecule has 0 aliphatic carbocycles. The lowest BCUT2D eigenvalue weighted by Crippen LogP contribution is -2.47. The van der Waals surface area contributed by atoms with Gasteiger partial charge in [-0.05, 0) is 31.0 Å². The Bertz CT molecular complexity index is 924. The summed E-state index contributed by atoms with van der Waals surface area (Å²) in [5.41, 5.74) is 1.50. The quantitative estimate of drug-likeness (QED) is 0.585. The zero-order valence-electron chi connectivity index (χ0n) is 14.8. The highest BCUT2D eigenvalue weighted by atomic mass is 32.2. The predicted octanol–water partition coefficient (Wildman–Crippen LogP) is 2.39. The van der Waals surface area contributed by atoms with Gasteiger partial charge in [0, 0.05) is 37.9 Å². The van der Waals surface area contributed by atoms with E-state index in [9.17, 15) is 18.5 Å². The van der Waals surface area contributed by atoms with Gasteiger partial charge >= 0.3 is 0 Å². The van der Waals surface area contributed by atoms with E-state index >= 15 is 0 Å². The van der Waals surface area contributed by atoms with Gasteiger partial charge in [0.1, 0.15) is 5.52 Å². The van der Waals surface area contributed by atoms with Gasteiger partial charge in [0.2, 0.25) is 10.0 Å². The molecule has 0 N–H and O–H groups in total. The molecule has 9 heteroatoms. The highest BCUT2D eigenvalue weighted by Crippen LogP contribution is 2.33. The third-order valence-electron chi connectivity index (χ3n) is 4.87. The summed E-state index contributed by atoms with van der Waals surface area (Å²) in [6.07, 6.45) is 4.31. The van der Waals surface area contributed by atoms with E-state index in [0.29, 0.717) is 43.4 Å². The molecule has 0 bridgehead atoms. The second-order valence-electron chi connectivity index (χ2n) is 6.45. The molecule has 2 heterocycles. The summed E-state index contributed by atoms with van der Waals surface area (Å²) in [6.45, 7) is 3.67. The highest BCUT2D eigenvalue weighted by Gasteiger charge is 2.30. The molecule has 0 unspecified atom stereocenters. The minimum absolute atomic E-state index is 0.0106. The van der Waals surface area contributed by atoms with Crippen molar-refractivity contribution in [1.82, 2.24) is 9.29 Å². The lowest BCUT2D eigenvalue weighted by molar-refractivity contribution is -0.383. The van der Waals surface area contributed by atoms with Crippen LogP contribution in [-0.4, -0.2) is 54.6 Å². The summed E-state index contributed by atoms with van der Waals surface area (Å²) in [5, 5.41) is 11.8. The van der Waals surface area contributed by atoms with Gasteiger partial charge in [-0.25, -0.2) is 8.42 Å². The van der Waals surface area contributed by atoms with Crippen molar-refractivity contribution in [3.8, 4) is 0 Å². The van der Waals surface area contributed by atoms with Crippen molar-refractivity contribution in [2.45, 2.75) is 25.8 Å². The fourth-order valence-electron chi connectivity index (χ4n) is 3.72. The maximum absolute atomic E-state index is 11.9. The number of benzene rings is 1. The van der Waals surface area contributed by atoms with Crippen LogP contribution in [0.15, 0.2) is 30.5 Å². The Morgan fingerprint density at radius 2 is 2.00 bits per heavy atom. The summed E-state index contributed by atoms with van der Waals surface area (Å²) < 4.78 is 25.4. The van der Waals surface area contributed by atoms with Crippen molar-refractivity contribution in [1.29, 1.82) is 0 Å². The number of pyridine rings is 1. The van der Waals surface area contributed by atoms with Gasteiger partial charge in [0.15, 0.2) is 0 Å². The fraction of sp³-hybridized carbons (Fsp3) is 0.471. The van der Waals surface area contributed by atoms with Crippen LogP contribution in [0.2, 0.25) is 0 Å². The number of sulfonamides is 1. The molecule has 0 amide bonds. The number of nitro benzene ring substituents is 1. The van der Waals surface area contributed by atoms with E-state index in [2.05, 4.69) is 9.88 Å². The summed E-state index contributed by atoms with van der Waals surface area (Å²) in [7, 11) is -3.22. The molecule has 2 aromatic rings. The molecule has 26 heavy (non-hydrogen) atoms. The number of rotatable bonds is 5. The monoisotopic (exact) mass is 378 g/mol. The third-order valence-corrected chi connectivity index (χ3v) is 6.28. The first-order chi connectivity index (χ1) is 12.3. The molecule has 0 atom stereocenters. The van der Waals surface area contributed by atoms with Crippen molar-refractivity contribution in [2.24, 2.45) is 0 Å². The number of non-ortho nitro benzene ring substituents is 1. The zero-order chi connectivity index (χ0) is 18.9. The molecule has 8 nitrogen and oxygen atoms in total. The van der Waals surface area contributed by atoms with Crippen LogP contribution in [0.4, 0.5) is 11.4 Å². The van der Waals surface area contributed by atoms with E-state index in [-0.39, 0.29) is 11.7 Å². The molecule has 1 aliphatic rings. The highest BCUT2D eigenvalue weighted by molar-refractivity contribution is 7.88. The van der Waals surface area contributed by atoms with Crippen molar-refractivity contribution in [2.75, 3.05) is 30.8 Å². The van der Waals surface area contributed by atoms with Crippen LogP contribution in [-0.2, 0) is 10.0 Å². The Labute approximate surface area is 152 Å². The van der Waals surface area contributed by atoms with E-state index in [0.717, 1.165) is 5.69 Å². The first-order valence-corrected chi connectivity index (χ1v) is 10.4. The lowest BCUT2D eigenvalue weighted by atomic mass is 10.0. The topological polar surface area (TPSA) is 96.7 Å². The van der Waals surface area contributed by atoms with Crippen LogP contribution in [0.1, 0.15) is 19.8 Å². The number of nitro groups is 1. The Morgan fingerprint density at radius 3 is 2.58 bits per heavy atom. The molecule has 140 valence electrons. The van der Waals surface area contributed by atoms with E-state index < -0.39 is 14.9 Å². The maximum atomic E-state index is 11.9. The molecule has 3 rings (SSSR count). The van der Waals surface area contributed by atoms with Gasteiger partial charge in [-0.2, -0.15) is 4.31 Å². The standard InChI is InChI=1S/C17H22N4O4S/c1-3-20(26(2,24)25)13-8-11-19(12-9-13)16-7-6-15(21(22)23)14-5-4-10-18-17(14)16/h4-7,10,13H,3,8-9,11-12H2,1-2H3. The number of anilines is 1. The largest absolute Gasteiger partial charge is 0.370 e. The molecular weight excluding hydrogens is 356 g/mol. The lowest BCUT2D eigenvalue weighted by Gasteiger charge is -2.38. The summed E-state index contributed by atoms with van der Waals surface area (Å²) in [4.78, 5) is 17.3. The first-order valence-electron chi connectivity index (χ1n) is 8.56. The normalized spacial score (nSPS) is 16.3. The molecule has 0 saturated carbocycles. The summed E-state index contributed by atoms with van der Waals surface area (Å²) in [5.74, 6) is 0. The van der Waals surface area contributed by atoms with E-state index in [1.807, 2.05) is 6.92 Å². The van der Waals surface area contributed by atoms with Crippen molar-refractivity contribution >= 4 is 32.3 Å². The maximum Gasteiger partial charge on any atom is 0.278 e. The van der Waals surface area contributed by atoms with Crippen LogP contribution in [0.5, 0.6) is 0 Å². The molecule has 1 aromatic heterocycles. The SMILES string of the molecule is CCN(C1CCN(c2ccc([N+](=O)[O-])c3cccnc23)CC1)S(C)(=O)=O. The van der Waals surface area contributed by atoms with Gasteiger partial charge in [0.25, 0.3) is 5.69 Å². The average Bonchev–Trinajstić information content (AvgIpc) is 2.60. The van der Waals surface area contributed by atoms with Crippen LogP contribution < -0.4 is 4.90 Å². The average molecular weight is 378 g/mol. The molecular formula is C17H22N4O4S. The minimum Gasteiger partial charge on any atom is -0.370 e. The van der Waals surface area contributed by atoms with Gasteiger partial charge in [-0.3, -0.25) is 15.1 Å². The molecule has 1 saturated heterocycles. The Hall–Kier alpha value is -2.26. The number of hydrogen-bond acceptors (Lipinski definition) is 6. The Balaban J connectivity index is 1.87. The number of nitrogens with zero attached hydrogens (tertiary/aromatic N) is 4. The van der Waals surface area contributed by atoms with E-state index in [1.54, 1.807) is 28.7 Å². The second kappa shape index (κ2) is 7.16. The third kappa shape index (κ3) is 3.49. The second-order valence-corrected chi connectivity index (χ2v) is 8.38. The van der Waals surface area contributed by atoms with Crippen molar-refractivity contribution in [3.05, 3.63) is 40.6 Å².